The fourth-order valence-electron chi connectivity index (χ4n) is 4.12. The van der Waals surface area contributed by atoms with Gasteiger partial charge in [-0.2, -0.15) is 4.98 Å². The van der Waals surface area contributed by atoms with E-state index >= 15 is 0 Å². The molecular formula is C13H21N5. The summed E-state index contributed by atoms with van der Waals surface area (Å²) in [6, 6.07) is 0.287. The molecule has 2 bridgehead atoms. The maximum atomic E-state index is 5.93. The van der Waals surface area contributed by atoms with Crippen molar-refractivity contribution in [3.63, 3.8) is 0 Å². The minimum atomic E-state index is 0.287. The van der Waals surface area contributed by atoms with Crippen LogP contribution in [-0.2, 0) is 0 Å². The van der Waals surface area contributed by atoms with E-state index in [4.69, 9.17) is 10.7 Å². The number of nitrogens with zero attached hydrogens (tertiary/aromatic N) is 3. The van der Waals surface area contributed by atoms with Crippen LogP contribution in [0.2, 0.25) is 0 Å². The molecule has 4 unspecified atom stereocenters. The molecule has 5 nitrogen and oxygen atoms in total. The van der Waals surface area contributed by atoms with Crippen molar-refractivity contribution in [1.82, 2.24) is 15.2 Å². The van der Waals surface area contributed by atoms with Gasteiger partial charge in [-0.3, -0.25) is 5.10 Å². The summed E-state index contributed by atoms with van der Waals surface area (Å²) in [5, 5.41) is 7.58. The standard InChI is InChI=1S/C13H21N5/c14-10-3-4-18(7-10)13-15-12(16-17-13)11-6-8-1-2-9(11)5-8/h8-11H,1-7,14H2,(H,15,16,17). The van der Waals surface area contributed by atoms with Gasteiger partial charge in [0.1, 0.15) is 5.82 Å². The molecule has 5 heteroatoms. The van der Waals surface area contributed by atoms with E-state index in [-0.39, 0.29) is 6.04 Å². The minimum Gasteiger partial charge on any atom is -0.338 e. The lowest BCUT2D eigenvalue weighted by molar-refractivity contribution is 0.406. The SMILES string of the molecule is NC1CCN(c2n[nH]c(C3CC4CCC3C4)n2)C1. The highest BCUT2D eigenvalue weighted by Crippen LogP contribution is 2.52. The molecule has 4 rings (SSSR count). The normalized spacial score (nSPS) is 38.8. The van der Waals surface area contributed by atoms with Crippen LogP contribution in [0.4, 0.5) is 5.95 Å². The number of fused-ring (bicyclic) bond motifs is 2. The van der Waals surface area contributed by atoms with Gasteiger partial charge in [0.05, 0.1) is 0 Å². The molecule has 1 aromatic heterocycles. The van der Waals surface area contributed by atoms with Crippen molar-refractivity contribution >= 4 is 5.95 Å². The van der Waals surface area contributed by atoms with Crippen LogP contribution in [0.5, 0.6) is 0 Å². The first-order valence-corrected chi connectivity index (χ1v) is 7.22. The zero-order valence-electron chi connectivity index (χ0n) is 10.7. The van der Waals surface area contributed by atoms with Gasteiger partial charge in [-0.25, -0.2) is 0 Å². The van der Waals surface area contributed by atoms with Crippen LogP contribution in [-0.4, -0.2) is 34.3 Å². The predicted octanol–water partition coefficient (Wildman–Crippen LogP) is 1.25. The smallest absolute Gasteiger partial charge is 0.244 e. The van der Waals surface area contributed by atoms with Crippen LogP contribution in [0.3, 0.4) is 0 Å². The highest BCUT2D eigenvalue weighted by atomic mass is 15.4. The first-order chi connectivity index (χ1) is 8.79. The van der Waals surface area contributed by atoms with Crippen molar-refractivity contribution < 1.29 is 0 Å². The number of aromatic nitrogens is 3. The second kappa shape index (κ2) is 3.95. The van der Waals surface area contributed by atoms with Crippen LogP contribution in [0.1, 0.15) is 43.8 Å². The van der Waals surface area contributed by atoms with E-state index < -0.39 is 0 Å². The van der Waals surface area contributed by atoms with Crippen molar-refractivity contribution in [3.8, 4) is 0 Å². The van der Waals surface area contributed by atoms with Gasteiger partial charge in [0.15, 0.2) is 0 Å². The van der Waals surface area contributed by atoms with E-state index in [1.807, 2.05) is 0 Å². The third-order valence-corrected chi connectivity index (χ3v) is 5.09. The maximum Gasteiger partial charge on any atom is 0.244 e. The fourth-order valence-corrected chi connectivity index (χ4v) is 4.12. The van der Waals surface area contributed by atoms with Crippen molar-refractivity contribution in [2.24, 2.45) is 17.6 Å². The van der Waals surface area contributed by atoms with Crippen molar-refractivity contribution in [2.45, 2.75) is 44.1 Å². The summed E-state index contributed by atoms with van der Waals surface area (Å²) < 4.78 is 0. The molecule has 4 atom stereocenters. The molecule has 0 amide bonds. The van der Waals surface area contributed by atoms with Gasteiger partial charge in [0.2, 0.25) is 5.95 Å². The van der Waals surface area contributed by atoms with E-state index in [0.717, 1.165) is 43.1 Å². The summed E-state index contributed by atoms with van der Waals surface area (Å²) in [7, 11) is 0. The summed E-state index contributed by atoms with van der Waals surface area (Å²) in [6.45, 7) is 1.89. The fraction of sp³-hybridized carbons (Fsp3) is 0.846. The Bertz CT molecular complexity index is 442. The minimum absolute atomic E-state index is 0.287. The monoisotopic (exact) mass is 247 g/mol. The molecule has 2 aliphatic carbocycles. The molecule has 18 heavy (non-hydrogen) atoms. The number of hydrogen-bond acceptors (Lipinski definition) is 4. The molecule has 3 N–H and O–H groups in total. The molecule has 0 aromatic carbocycles. The number of H-pyrrole nitrogens is 1. The number of hydrogen-bond donors (Lipinski definition) is 2. The first kappa shape index (κ1) is 10.8. The summed E-state index contributed by atoms with van der Waals surface area (Å²) in [6.07, 6.45) is 6.61. The Morgan fingerprint density at radius 2 is 2.17 bits per heavy atom. The predicted molar refractivity (Wildman–Crippen MR) is 69.4 cm³/mol. The summed E-state index contributed by atoms with van der Waals surface area (Å²) in [4.78, 5) is 6.94. The third-order valence-electron chi connectivity index (χ3n) is 5.09. The Hall–Kier alpha value is -1.10. The van der Waals surface area contributed by atoms with Gasteiger partial charge in [-0.15, -0.1) is 5.10 Å². The average Bonchev–Trinajstić information content (AvgIpc) is 3.12. The van der Waals surface area contributed by atoms with E-state index in [1.54, 1.807) is 0 Å². The van der Waals surface area contributed by atoms with E-state index in [2.05, 4.69) is 15.1 Å². The van der Waals surface area contributed by atoms with Crippen molar-refractivity contribution in [3.05, 3.63) is 5.82 Å². The molecule has 3 fully saturated rings. The summed E-state index contributed by atoms with van der Waals surface area (Å²) >= 11 is 0. The van der Waals surface area contributed by atoms with Crippen LogP contribution in [0, 0.1) is 11.8 Å². The Morgan fingerprint density at radius 3 is 2.83 bits per heavy atom. The Balaban J connectivity index is 1.52. The van der Waals surface area contributed by atoms with E-state index in [9.17, 15) is 0 Å². The number of anilines is 1. The lowest BCUT2D eigenvalue weighted by Crippen LogP contribution is -2.27. The van der Waals surface area contributed by atoms with E-state index in [0.29, 0.717) is 5.92 Å². The van der Waals surface area contributed by atoms with Crippen molar-refractivity contribution in [1.29, 1.82) is 0 Å². The van der Waals surface area contributed by atoms with Crippen LogP contribution < -0.4 is 10.6 Å². The van der Waals surface area contributed by atoms with Gasteiger partial charge in [-0.1, -0.05) is 6.42 Å². The highest BCUT2D eigenvalue weighted by Gasteiger charge is 2.41. The topological polar surface area (TPSA) is 70.8 Å². The molecular weight excluding hydrogens is 226 g/mol. The Labute approximate surface area is 107 Å². The highest BCUT2D eigenvalue weighted by molar-refractivity contribution is 5.32. The molecule has 1 aliphatic heterocycles. The second-order valence-electron chi connectivity index (χ2n) is 6.30. The van der Waals surface area contributed by atoms with Gasteiger partial charge >= 0.3 is 0 Å². The molecule has 3 aliphatic rings. The average molecular weight is 247 g/mol. The molecule has 98 valence electrons. The molecule has 0 radical (unpaired) electrons. The van der Waals surface area contributed by atoms with Crippen molar-refractivity contribution in [2.75, 3.05) is 18.0 Å². The zero-order valence-corrected chi connectivity index (χ0v) is 10.7. The Kier molecular flexibility index (Phi) is 2.37. The molecule has 1 aromatic rings. The largest absolute Gasteiger partial charge is 0.338 e. The zero-order chi connectivity index (χ0) is 12.1. The van der Waals surface area contributed by atoms with Crippen LogP contribution in [0.25, 0.3) is 0 Å². The maximum absolute atomic E-state index is 5.93. The van der Waals surface area contributed by atoms with Gasteiger partial charge in [0, 0.05) is 25.0 Å². The van der Waals surface area contributed by atoms with Gasteiger partial charge < -0.3 is 10.6 Å². The summed E-state index contributed by atoms with van der Waals surface area (Å²) in [5.41, 5.74) is 5.93. The number of aromatic amines is 1. The first-order valence-electron chi connectivity index (χ1n) is 7.22. The summed E-state index contributed by atoms with van der Waals surface area (Å²) in [5.74, 6) is 4.44. The Morgan fingerprint density at radius 1 is 1.22 bits per heavy atom. The quantitative estimate of drug-likeness (QED) is 0.825. The molecule has 2 saturated carbocycles. The lowest BCUT2D eigenvalue weighted by atomic mass is 9.88. The molecule has 0 spiro atoms. The second-order valence-corrected chi connectivity index (χ2v) is 6.30. The van der Waals surface area contributed by atoms with Crippen LogP contribution in [0.15, 0.2) is 0 Å². The van der Waals surface area contributed by atoms with Gasteiger partial charge in [0.25, 0.3) is 0 Å². The number of rotatable bonds is 2. The molecule has 1 saturated heterocycles. The number of nitrogens with two attached hydrogens (primary N) is 1. The number of nitrogens with one attached hydrogen (secondary N) is 1. The third kappa shape index (κ3) is 1.64. The van der Waals surface area contributed by atoms with Gasteiger partial charge in [-0.05, 0) is 37.5 Å². The lowest BCUT2D eigenvalue weighted by Gasteiger charge is -2.18. The van der Waals surface area contributed by atoms with Crippen LogP contribution >= 0.6 is 0 Å². The van der Waals surface area contributed by atoms with E-state index in [1.165, 1.54) is 25.7 Å². The molecule has 2 heterocycles.